The topological polar surface area (TPSA) is 68.6 Å². The third kappa shape index (κ3) is 2.88. The van der Waals surface area contributed by atoms with Crippen molar-refractivity contribution in [2.45, 2.75) is 50.7 Å². The highest BCUT2D eigenvalue weighted by Gasteiger charge is 2.35. The summed E-state index contributed by atoms with van der Waals surface area (Å²) in [7, 11) is 0. The maximum Gasteiger partial charge on any atom is 0.141 e. The van der Waals surface area contributed by atoms with Gasteiger partial charge in [0.25, 0.3) is 0 Å². The van der Waals surface area contributed by atoms with E-state index >= 15 is 0 Å². The minimum Gasteiger partial charge on any atom is -0.338 e. The van der Waals surface area contributed by atoms with Crippen molar-refractivity contribution in [3.63, 3.8) is 0 Å². The molecule has 0 saturated carbocycles. The minimum absolute atomic E-state index is 0.421. The van der Waals surface area contributed by atoms with Gasteiger partial charge in [-0.25, -0.2) is 9.97 Å². The Balaban J connectivity index is 1.31. The molecule has 1 aromatic carbocycles. The average Bonchev–Trinajstić information content (AvgIpc) is 3.24. The van der Waals surface area contributed by atoms with Crippen LogP contribution in [0.1, 0.15) is 43.4 Å². The Morgan fingerprint density at radius 3 is 2.50 bits per heavy atom. The monoisotopic (exact) mass is 393 g/mol. The van der Waals surface area contributed by atoms with Crippen LogP contribution in [-0.2, 0) is 6.54 Å². The minimum atomic E-state index is 0.421. The van der Waals surface area contributed by atoms with Gasteiger partial charge in [0, 0.05) is 41.2 Å². The standard InChI is InChI=1S/C25H23N5/c26-12-19-11-22-23-10-18(13-28-25(23)29-24(22)14-27-19)17-6-4-16(5-7-17)15-30-20-2-1-3-21(30)9-8-20/h4-7,10-11,13-14,20-21H,1-3,8-9,15H2,(H,28,29). The van der Waals surface area contributed by atoms with Crippen LogP contribution in [0.2, 0.25) is 0 Å². The maximum atomic E-state index is 9.18. The van der Waals surface area contributed by atoms with Crippen LogP contribution < -0.4 is 0 Å². The predicted molar refractivity (Wildman–Crippen MR) is 118 cm³/mol. The average molecular weight is 393 g/mol. The second-order valence-electron chi connectivity index (χ2n) is 8.66. The van der Waals surface area contributed by atoms with E-state index in [4.69, 9.17) is 0 Å². The summed E-state index contributed by atoms with van der Waals surface area (Å²) in [5.74, 6) is 0. The lowest BCUT2D eigenvalue weighted by Gasteiger charge is -2.34. The van der Waals surface area contributed by atoms with Gasteiger partial charge >= 0.3 is 0 Å². The first-order valence-electron chi connectivity index (χ1n) is 10.8. The summed E-state index contributed by atoms with van der Waals surface area (Å²) >= 11 is 0. The van der Waals surface area contributed by atoms with Gasteiger partial charge in [-0.1, -0.05) is 30.7 Å². The summed E-state index contributed by atoms with van der Waals surface area (Å²) in [6.07, 6.45) is 10.5. The van der Waals surface area contributed by atoms with E-state index in [-0.39, 0.29) is 0 Å². The van der Waals surface area contributed by atoms with E-state index < -0.39 is 0 Å². The first-order valence-corrected chi connectivity index (χ1v) is 10.8. The van der Waals surface area contributed by atoms with Crippen LogP contribution in [0, 0.1) is 11.3 Å². The van der Waals surface area contributed by atoms with Gasteiger partial charge in [-0.3, -0.25) is 4.90 Å². The third-order valence-corrected chi connectivity index (χ3v) is 6.95. The lowest BCUT2D eigenvalue weighted by atomic mass is 10.0. The van der Waals surface area contributed by atoms with E-state index in [0.717, 1.165) is 46.1 Å². The highest BCUT2D eigenvalue weighted by molar-refractivity contribution is 6.06. The molecule has 2 saturated heterocycles. The Kier molecular flexibility index (Phi) is 4.07. The molecule has 0 radical (unpaired) electrons. The maximum absolute atomic E-state index is 9.18. The SMILES string of the molecule is N#Cc1cc2c(cn1)[nH]c1ncc(-c3ccc(CN4C5CCCC4CC5)cc3)cc12. The Labute approximate surface area is 175 Å². The zero-order valence-electron chi connectivity index (χ0n) is 16.8. The molecule has 3 aromatic heterocycles. The molecule has 0 aliphatic carbocycles. The Hall–Kier alpha value is -3.23. The smallest absolute Gasteiger partial charge is 0.141 e. The molecule has 4 aromatic rings. The number of nitrogens with zero attached hydrogens (tertiary/aromatic N) is 4. The zero-order valence-corrected chi connectivity index (χ0v) is 16.8. The number of fused-ring (bicyclic) bond motifs is 5. The lowest BCUT2D eigenvalue weighted by Crippen LogP contribution is -2.38. The number of piperidine rings is 1. The molecular weight excluding hydrogens is 370 g/mol. The molecule has 2 aliphatic heterocycles. The van der Waals surface area contributed by atoms with Crippen molar-refractivity contribution in [2.75, 3.05) is 0 Å². The summed E-state index contributed by atoms with van der Waals surface area (Å²) in [6.45, 7) is 1.07. The Bertz CT molecular complexity index is 1260. The van der Waals surface area contributed by atoms with Crippen LogP contribution in [0.15, 0.2) is 48.8 Å². The van der Waals surface area contributed by atoms with Gasteiger partial charge in [-0.05, 0) is 48.9 Å². The number of hydrogen-bond donors (Lipinski definition) is 1. The second kappa shape index (κ2) is 6.93. The molecule has 2 fully saturated rings. The van der Waals surface area contributed by atoms with Crippen molar-refractivity contribution in [3.8, 4) is 17.2 Å². The van der Waals surface area contributed by atoms with E-state index in [1.54, 1.807) is 6.20 Å². The quantitative estimate of drug-likeness (QED) is 0.521. The molecule has 148 valence electrons. The van der Waals surface area contributed by atoms with Gasteiger partial charge in [0.15, 0.2) is 0 Å². The summed E-state index contributed by atoms with van der Waals surface area (Å²) in [4.78, 5) is 14.8. The Morgan fingerprint density at radius 2 is 1.73 bits per heavy atom. The van der Waals surface area contributed by atoms with Crippen LogP contribution in [0.5, 0.6) is 0 Å². The van der Waals surface area contributed by atoms with E-state index in [1.807, 2.05) is 12.3 Å². The second-order valence-corrected chi connectivity index (χ2v) is 8.66. The Morgan fingerprint density at radius 1 is 0.933 bits per heavy atom. The number of nitrogens with one attached hydrogen (secondary N) is 1. The van der Waals surface area contributed by atoms with E-state index in [9.17, 15) is 5.26 Å². The van der Waals surface area contributed by atoms with Gasteiger partial charge < -0.3 is 4.98 Å². The molecule has 5 nitrogen and oxygen atoms in total. The van der Waals surface area contributed by atoms with Crippen LogP contribution in [0.25, 0.3) is 33.1 Å². The van der Waals surface area contributed by atoms with Crippen molar-refractivity contribution in [1.29, 1.82) is 5.26 Å². The number of rotatable bonds is 3. The van der Waals surface area contributed by atoms with Gasteiger partial charge in [-0.2, -0.15) is 5.26 Å². The molecule has 2 bridgehead atoms. The zero-order chi connectivity index (χ0) is 20.1. The fourth-order valence-corrected chi connectivity index (χ4v) is 5.39. The van der Waals surface area contributed by atoms with E-state index in [0.29, 0.717) is 5.69 Å². The number of hydrogen-bond acceptors (Lipinski definition) is 4. The number of nitriles is 1. The van der Waals surface area contributed by atoms with Crippen molar-refractivity contribution in [1.82, 2.24) is 19.9 Å². The van der Waals surface area contributed by atoms with Crippen LogP contribution in [0.3, 0.4) is 0 Å². The first-order chi connectivity index (χ1) is 14.8. The summed E-state index contributed by atoms with van der Waals surface area (Å²) in [5.41, 5.74) is 5.79. The predicted octanol–water partition coefficient (Wildman–Crippen LogP) is 5.17. The first kappa shape index (κ1) is 17.6. The molecule has 5 heterocycles. The van der Waals surface area contributed by atoms with Crippen LogP contribution in [0.4, 0.5) is 0 Å². The molecule has 5 heteroatoms. The van der Waals surface area contributed by atoms with Crippen molar-refractivity contribution in [2.24, 2.45) is 0 Å². The van der Waals surface area contributed by atoms with E-state index in [1.165, 1.54) is 43.2 Å². The normalized spacial score (nSPS) is 21.3. The highest BCUT2D eigenvalue weighted by Crippen LogP contribution is 2.36. The number of aromatic nitrogens is 3. The fourth-order valence-electron chi connectivity index (χ4n) is 5.39. The summed E-state index contributed by atoms with van der Waals surface area (Å²) in [5, 5.41) is 11.2. The fraction of sp³-hybridized carbons (Fsp3) is 0.320. The highest BCUT2D eigenvalue weighted by atomic mass is 15.2. The molecular formula is C25H23N5. The molecule has 0 spiro atoms. The number of H-pyrrole nitrogens is 1. The molecule has 2 aliphatic rings. The molecule has 0 amide bonds. The van der Waals surface area contributed by atoms with Gasteiger partial charge in [-0.15, -0.1) is 0 Å². The largest absolute Gasteiger partial charge is 0.338 e. The molecule has 2 atom stereocenters. The van der Waals surface area contributed by atoms with Gasteiger partial charge in [0.2, 0.25) is 0 Å². The van der Waals surface area contributed by atoms with E-state index in [2.05, 4.69) is 56.3 Å². The van der Waals surface area contributed by atoms with Gasteiger partial charge in [0.1, 0.15) is 17.4 Å². The van der Waals surface area contributed by atoms with Gasteiger partial charge in [0.05, 0.1) is 11.7 Å². The molecule has 30 heavy (non-hydrogen) atoms. The summed E-state index contributed by atoms with van der Waals surface area (Å²) in [6, 6.07) is 16.6. The lowest BCUT2D eigenvalue weighted by molar-refractivity contribution is 0.132. The van der Waals surface area contributed by atoms with Crippen molar-refractivity contribution in [3.05, 3.63) is 60.0 Å². The number of pyridine rings is 2. The van der Waals surface area contributed by atoms with Crippen molar-refractivity contribution >= 4 is 21.9 Å². The molecule has 2 unspecified atom stereocenters. The molecule has 1 N–H and O–H groups in total. The van der Waals surface area contributed by atoms with Crippen LogP contribution in [-0.4, -0.2) is 31.9 Å². The summed E-state index contributed by atoms with van der Waals surface area (Å²) < 4.78 is 0. The third-order valence-electron chi connectivity index (χ3n) is 6.95. The molecule has 6 rings (SSSR count). The number of aromatic amines is 1. The van der Waals surface area contributed by atoms with Crippen LogP contribution >= 0.6 is 0 Å². The number of benzene rings is 1. The van der Waals surface area contributed by atoms with Crippen molar-refractivity contribution < 1.29 is 0 Å².